The molecule has 1 aromatic heterocycles. The molecule has 1 unspecified atom stereocenters. The maximum Gasteiger partial charge on any atom is 0.573 e. The standard InChI is InChI=1S/C22H18F3N5O5/c1-34-15-5-3-2-4-14(15)27-21-29-18-17(20(33)30-21)13(10-16(31)28-18)19(32)26-11-6-8-12(9-7-11)35-22(23,24)25/h2-9,13H,10H2,1H3,(H,26,32)(H3,27,28,29,30,31,33). The maximum atomic E-state index is 12.9. The second-order valence-electron chi connectivity index (χ2n) is 7.37. The monoisotopic (exact) mass is 489 g/mol. The fourth-order valence-electron chi connectivity index (χ4n) is 3.50. The summed E-state index contributed by atoms with van der Waals surface area (Å²) in [5.41, 5.74) is -0.0467. The van der Waals surface area contributed by atoms with Crippen molar-refractivity contribution in [2.24, 2.45) is 0 Å². The van der Waals surface area contributed by atoms with Crippen molar-refractivity contribution < 1.29 is 32.2 Å². The number of benzene rings is 2. The molecule has 0 spiro atoms. The number of aromatic nitrogens is 2. The van der Waals surface area contributed by atoms with Gasteiger partial charge in [0.25, 0.3) is 5.56 Å². The number of carbonyl (C=O) groups is 2. The van der Waals surface area contributed by atoms with Gasteiger partial charge in [0.2, 0.25) is 17.8 Å². The number of hydrogen-bond donors (Lipinski definition) is 4. The van der Waals surface area contributed by atoms with E-state index in [2.05, 4.69) is 30.7 Å². The molecule has 0 saturated carbocycles. The van der Waals surface area contributed by atoms with Gasteiger partial charge in [0, 0.05) is 12.1 Å². The third-order valence-electron chi connectivity index (χ3n) is 4.98. The van der Waals surface area contributed by atoms with E-state index in [0.717, 1.165) is 12.1 Å². The topological polar surface area (TPSA) is 134 Å². The lowest BCUT2D eigenvalue weighted by Gasteiger charge is -2.23. The molecule has 4 N–H and O–H groups in total. The third kappa shape index (κ3) is 5.51. The first kappa shape index (κ1) is 23.6. The zero-order chi connectivity index (χ0) is 25.2. The van der Waals surface area contributed by atoms with E-state index in [9.17, 15) is 27.6 Å². The molecular formula is C22H18F3N5O5. The molecule has 35 heavy (non-hydrogen) atoms. The van der Waals surface area contributed by atoms with Gasteiger partial charge < -0.3 is 25.4 Å². The zero-order valence-electron chi connectivity index (χ0n) is 18.0. The summed E-state index contributed by atoms with van der Waals surface area (Å²) in [4.78, 5) is 44.8. The molecule has 0 saturated heterocycles. The molecule has 4 rings (SSSR count). The summed E-state index contributed by atoms with van der Waals surface area (Å²) in [7, 11) is 1.48. The Morgan fingerprint density at radius 2 is 1.83 bits per heavy atom. The molecule has 1 aliphatic rings. The first-order chi connectivity index (χ1) is 16.6. The van der Waals surface area contributed by atoms with E-state index >= 15 is 0 Å². The quantitative estimate of drug-likeness (QED) is 0.416. The maximum absolute atomic E-state index is 12.9. The second kappa shape index (κ2) is 9.37. The number of nitrogens with one attached hydrogen (secondary N) is 4. The van der Waals surface area contributed by atoms with E-state index in [1.54, 1.807) is 24.3 Å². The third-order valence-corrected chi connectivity index (χ3v) is 4.98. The molecule has 2 amide bonds. The van der Waals surface area contributed by atoms with E-state index in [1.807, 2.05) is 0 Å². The van der Waals surface area contributed by atoms with Crippen LogP contribution < -0.4 is 31.0 Å². The minimum Gasteiger partial charge on any atom is -0.495 e. The highest BCUT2D eigenvalue weighted by Crippen LogP contribution is 2.32. The zero-order valence-corrected chi connectivity index (χ0v) is 18.0. The van der Waals surface area contributed by atoms with E-state index < -0.39 is 35.4 Å². The molecule has 0 bridgehead atoms. The van der Waals surface area contributed by atoms with Crippen molar-refractivity contribution in [1.29, 1.82) is 0 Å². The predicted molar refractivity (Wildman–Crippen MR) is 119 cm³/mol. The number of H-pyrrole nitrogens is 1. The van der Waals surface area contributed by atoms with Crippen LogP contribution >= 0.6 is 0 Å². The largest absolute Gasteiger partial charge is 0.573 e. The van der Waals surface area contributed by atoms with Crippen LogP contribution in [0.2, 0.25) is 0 Å². The Morgan fingerprint density at radius 1 is 1.11 bits per heavy atom. The van der Waals surface area contributed by atoms with Crippen molar-refractivity contribution in [3.8, 4) is 11.5 Å². The summed E-state index contributed by atoms with van der Waals surface area (Å²) in [6.07, 6.45) is -5.17. The fourth-order valence-corrected chi connectivity index (χ4v) is 3.50. The number of alkyl halides is 3. The normalized spacial score (nSPS) is 15.0. The highest BCUT2D eigenvalue weighted by Gasteiger charge is 2.35. The Hall–Kier alpha value is -4.55. The van der Waals surface area contributed by atoms with Gasteiger partial charge in [-0.1, -0.05) is 12.1 Å². The summed E-state index contributed by atoms with van der Waals surface area (Å²) in [6, 6.07) is 11.3. The molecule has 10 nitrogen and oxygen atoms in total. The van der Waals surface area contributed by atoms with Crippen LogP contribution in [0.1, 0.15) is 17.9 Å². The Balaban J connectivity index is 1.56. The van der Waals surface area contributed by atoms with Crippen molar-refractivity contribution in [3.63, 3.8) is 0 Å². The van der Waals surface area contributed by atoms with Gasteiger partial charge in [0.05, 0.1) is 24.3 Å². The number of hydrogen-bond acceptors (Lipinski definition) is 7. The number of amides is 2. The van der Waals surface area contributed by atoms with E-state index in [1.165, 1.54) is 19.2 Å². The van der Waals surface area contributed by atoms with Gasteiger partial charge in [-0.15, -0.1) is 13.2 Å². The summed E-state index contributed by atoms with van der Waals surface area (Å²) in [6.45, 7) is 0. The number of para-hydroxylation sites is 2. The Bertz CT molecular complexity index is 1320. The molecule has 182 valence electrons. The minimum absolute atomic E-state index is 0.0138. The van der Waals surface area contributed by atoms with Crippen LogP contribution in [0, 0.1) is 0 Å². The summed E-state index contributed by atoms with van der Waals surface area (Å²) in [5.74, 6) is -2.47. The number of fused-ring (bicyclic) bond motifs is 1. The van der Waals surface area contributed by atoms with Crippen LogP contribution in [0.25, 0.3) is 0 Å². The van der Waals surface area contributed by atoms with E-state index in [0.29, 0.717) is 11.4 Å². The van der Waals surface area contributed by atoms with Crippen molar-refractivity contribution in [1.82, 2.24) is 9.97 Å². The minimum atomic E-state index is -4.85. The highest BCUT2D eigenvalue weighted by molar-refractivity contribution is 6.04. The van der Waals surface area contributed by atoms with Gasteiger partial charge in [0.1, 0.15) is 17.3 Å². The Labute approximate surface area is 195 Å². The van der Waals surface area contributed by atoms with Crippen LogP contribution in [-0.4, -0.2) is 35.3 Å². The van der Waals surface area contributed by atoms with Gasteiger partial charge in [-0.3, -0.25) is 19.4 Å². The van der Waals surface area contributed by atoms with Crippen molar-refractivity contribution in [2.75, 3.05) is 23.1 Å². The van der Waals surface area contributed by atoms with Gasteiger partial charge >= 0.3 is 6.36 Å². The lowest BCUT2D eigenvalue weighted by atomic mass is 9.92. The van der Waals surface area contributed by atoms with Gasteiger partial charge in [-0.25, -0.2) is 0 Å². The molecule has 0 fully saturated rings. The summed E-state index contributed by atoms with van der Waals surface area (Å²) < 4.78 is 46.0. The van der Waals surface area contributed by atoms with Crippen LogP contribution in [0.4, 0.5) is 36.3 Å². The first-order valence-electron chi connectivity index (χ1n) is 10.1. The molecule has 1 atom stereocenters. The molecule has 2 heterocycles. The summed E-state index contributed by atoms with van der Waals surface area (Å²) in [5, 5.41) is 7.88. The molecule has 0 aliphatic carbocycles. The van der Waals surface area contributed by atoms with Crippen molar-refractivity contribution in [3.05, 3.63) is 64.4 Å². The fraction of sp³-hybridized carbons (Fsp3) is 0.182. The number of methoxy groups -OCH3 is 1. The predicted octanol–water partition coefficient (Wildman–Crippen LogP) is 3.49. The second-order valence-corrected chi connectivity index (χ2v) is 7.37. The Kier molecular flexibility index (Phi) is 6.32. The van der Waals surface area contributed by atoms with E-state index in [4.69, 9.17) is 4.74 Å². The highest BCUT2D eigenvalue weighted by atomic mass is 19.4. The molecule has 3 aromatic rings. The van der Waals surface area contributed by atoms with Crippen LogP contribution in [-0.2, 0) is 9.59 Å². The first-order valence-corrected chi connectivity index (χ1v) is 10.1. The van der Waals surface area contributed by atoms with Crippen LogP contribution in [0.3, 0.4) is 0 Å². The SMILES string of the molecule is COc1ccccc1Nc1nc2c(c(=O)[nH]1)C(C(=O)Nc1ccc(OC(F)(F)F)cc1)CC(=O)N2. The molecule has 13 heteroatoms. The smallest absolute Gasteiger partial charge is 0.495 e. The molecule has 2 aromatic carbocycles. The summed E-state index contributed by atoms with van der Waals surface area (Å²) >= 11 is 0. The number of halogens is 3. The van der Waals surface area contributed by atoms with Crippen molar-refractivity contribution in [2.45, 2.75) is 18.7 Å². The van der Waals surface area contributed by atoms with Crippen LogP contribution in [0.15, 0.2) is 53.3 Å². The van der Waals surface area contributed by atoms with Gasteiger partial charge in [0.15, 0.2) is 0 Å². The molecule has 1 aliphatic heterocycles. The van der Waals surface area contributed by atoms with Crippen LogP contribution in [0.5, 0.6) is 11.5 Å². The average Bonchev–Trinajstić information content (AvgIpc) is 2.79. The number of nitrogens with zero attached hydrogens (tertiary/aromatic N) is 1. The lowest BCUT2D eigenvalue weighted by molar-refractivity contribution is -0.274. The number of aromatic amines is 1. The van der Waals surface area contributed by atoms with Gasteiger partial charge in [-0.05, 0) is 36.4 Å². The van der Waals surface area contributed by atoms with Gasteiger partial charge in [-0.2, -0.15) is 4.98 Å². The Morgan fingerprint density at radius 3 is 2.51 bits per heavy atom. The molecule has 0 radical (unpaired) electrons. The number of anilines is 4. The average molecular weight is 489 g/mol. The molecular weight excluding hydrogens is 471 g/mol. The van der Waals surface area contributed by atoms with E-state index in [-0.39, 0.29) is 29.4 Å². The number of carbonyl (C=O) groups excluding carboxylic acids is 2. The lowest BCUT2D eigenvalue weighted by Crippen LogP contribution is -2.36. The number of ether oxygens (including phenoxy) is 2. The number of rotatable bonds is 6. The van der Waals surface area contributed by atoms with Crippen molar-refractivity contribution >= 4 is 35.0 Å².